The molecule has 30 heavy (non-hydrogen) atoms. The van der Waals surface area contributed by atoms with Crippen molar-refractivity contribution in [3.05, 3.63) is 70.8 Å². The molecule has 2 aromatic rings. The summed E-state index contributed by atoms with van der Waals surface area (Å²) < 4.78 is 0. The maximum Gasteiger partial charge on any atom is 0.307 e. The summed E-state index contributed by atoms with van der Waals surface area (Å²) in [7, 11) is 0. The number of carbonyl (C=O) groups excluding carboxylic acids is 1. The second-order valence-electron chi connectivity index (χ2n) is 8.59. The molecule has 2 aromatic carbocycles. The van der Waals surface area contributed by atoms with Crippen molar-refractivity contribution >= 4 is 11.9 Å². The van der Waals surface area contributed by atoms with E-state index in [-0.39, 0.29) is 17.9 Å². The lowest BCUT2D eigenvalue weighted by molar-refractivity contribution is -0.139. The summed E-state index contributed by atoms with van der Waals surface area (Å²) in [5.74, 6) is -0.675. The van der Waals surface area contributed by atoms with Crippen LogP contribution < -0.4 is 0 Å². The Kier molecular flexibility index (Phi) is 5.91. The minimum Gasteiger partial charge on any atom is -0.481 e. The van der Waals surface area contributed by atoms with E-state index in [1.165, 1.54) is 16.7 Å². The van der Waals surface area contributed by atoms with E-state index in [4.69, 9.17) is 5.11 Å². The van der Waals surface area contributed by atoms with E-state index in [0.717, 1.165) is 50.9 Å². The van der Waals surface area contributed by atoms with Gasteiger partial charge in [0.2, 0.25) is 5.91 Å². The zero-order chi connectivity index (χ0) is 21.1. The topological polar surface area (TPSA) is 60.9 Å². The Morgan fingerprint density at radius 2 is 1.73 bits per heavy atom. The van der Waals surface area contributed by atoms with Crippen molar-refractivity contribution in [3.8, 4) is 0 Å². The third-order valence-electron chi connectivity index (χ3n) is 6.77. The number of carbonyl (C=O) groups is 2. The first kappa shape index (κ1) is 20.6. The van der Waals surface area contributed by atoms with Crippen molar-refractivity contribution in [3.63, 3.8) is 0 Å². The van der Waals surface area contributed by atoms with Crippen LogP contribution in [0.5, 0.6) is 0 Å². The van der Waals surface area contributed by atoms with Crippen LogP contribution in [-0.4, -0.2) is 53.0 Å². The summed E-state index contributed by atoms with van der Waals surface area (Å²) >= 11 is 0. The van der Waals surface area contributed by atoms with Crippen molar-refractivity contribution in [1.82, 2.24) is 9.80 Å². The van der Waals surface area contributed by atoms with Gasteiger partial charge in [0.1, 0.15) is 0 Å². The van der Waals surface area contributed by atoms with Gasteiger partial charge in [0.05, 0.1) is 12.0 Å². The highest BCUT2D eigenvalue weighted by Crippen LogP contribution is 2.44. The largest absolute Gasteiger partial charge is 0.481 e. The lowest BCUT2D eigenvalue weighted by Gasteiger charge is -2.52. The molecule has 0 aliphatic carbocycles. The molecule has 4 rings (SSSR count). The van der Waals surface area contributed by atoms with Gasteiger partial charge in [-0.05, 0) is 47.9 Å². The molecule has 2 aliphatic rings. The van der Waals surface area contributed by atoms with E-state index in [1.54, 1.807) is 6.92 Å². The number of nitrogens with zero attached hydrogens (tertiary/aromatic N) is 2. The van der Waals surface area contributed by atoms with Crippen LogP contribution in [-0.2, 0) is 34.4 Å². The second kappa shape index (κ2) is 8.60. The first-order valence-electron chi connectivity index (χ1n) is 10.9. The van der Waals surface area contributed by atoms with Crippen LogP contribution in [0.4, 0.5) is 0 Å². The van der Waals surface area contributed by atoms with E-state index in [0.29, 0.717) is 6.54 Å². The lowest BCUT2D eigenvalue weighted by atomic mass is 9.73. The van der Waals surface area contributed by atoms with Crippen LogP contribution in [0.15, 0.2) is 48.5 Å². The molecule has 1 saturated heterocycles. The van der Waals surface area contributed by atoms with Crippen molar-refractivity contribution in [2.45, 2.75) is 44.6 Å². The van der Waals surface area contributed by atoms with Crippen molar-refractivity contribution in [2.75, 3.05) is 26.2 Å². The zero-order valence-electron chi connectivity index (χ0n) is 17.6. The van der Waals surface area contributed by atoms with Gasteiger partial charge >= 0.3 is 5.97 Å². The fourth-order valence-corrected chi connectivity index (χ4v) is 5.26. The molecule has 1 spiro atoms. The third-order valence-corrected chi connectivity index (χ3v) is 6.77. The Bertz CT molecular complexity index is 917. The first-order valence-corrected chi connectivity index (χ1v) is 10.9. The van der Waals surface area contributed by atoms with E-state index < -0.39 is 5.97 Å². The Hall–Kier alpha value is -2.66. The van der Waals surface area contributed by atoms with E-state index in [9.17, 15) is 9.59 Å². The maximum absolute atomic E-state index is 12.5. The van der Waals surface area contributed by atoms with E-state index >= 15 is 0 Å². The van der Waals surface area contributed by atoms with Gasteiger partial charge in [-0.25, -0.2) is 0 Å². The standard InChI is InChI=1S/C25H30N2O3/c1-19(28)27-14-10-22-17-21(18-24(29)30)7-8-23(22)25(27)11-15-26(16-12-25)13-9-20-5-3-2-4-6-20/h2-8,17H,9-16,18H2,1H3,(H,29,30). The van der Waals surface area contributed by atoms with Crippen LogP contribution in [0.25, 0.3) is 0 Å². The molecule has 0 bridgehead atoms. The minimum absolute atomic E-state index is 0.0456. The van der Waals surface area contributed by atoms with E-state index in [2.05, 4.69) is 40.1 Å². The number of likely N-dealkylation sites (tertiary alicyclic amines) is 1. The number of hydrogen-bond donors (Lipinski definition) is 1. The molecule has 0 aromatic heterocycles. The summed E-state index contributed by atoms with van der Waals surface area (Å²) in [6.07, 6.45) is 3.73. The van der Waals surface area contributed by atoms with Crippen LogP contribution in [0.3, 0.4) is 0 Å². The molecule has 1 amide bonds. The van der Waals surface area contributed by atoms with Crippen LogP contribution in [0.2, 0.25) is 0 Å². The fraction of sp³-hybridized carbons (Fsp3) is 0.440. The molecule has 0 radical (unpaired) electrons. The molecule has 1 fully saturated rings. The van der Waals surface area contributed by atoms with Crippen molar-refractivity contribution < 1.29 is 14.7 Å². The molecule has 0 unspecified atom stereocenters. The minimum atomic E-state index is -0.808. The summed E-state index contributed by atoms with van der Waals surface area (Å²) in [6.45, 7) is 5.35. The molecular weight excluding hydrogens is 376 g/mol. The van der Waals surface area contributed by atoms with Gasteiger partial charge in [0, 0.05) is 33.1 Å². The summed E-state index contributed by atoms with van der Waals surface area (Å²) in [5, 5.41) is 9.13. The van der Waals surface area contributed by atoms with Gasteiger partial charge in [0.25, 0.3) is 0 Å². The molecule has 1 N–H and O–H groups in total. The van der Waals surface area contributed by atoms with Crippen molar-refractivity contribution in [2.24, 2.45) is 0 Å². The van der Waals surface area contributed by atoms with Crippen LogP contribution >= 0.6 is 0 Å². The fourth-order valence-electron chi connectivity index (χ4n) is 5.26. The molecule has 5 nitrogen and oxygen atoms in total. The first-order chi connectivity index (χ1) is 14.5. The van der Waals surface area contributed by atoms with Crippen molar-refractivity contribution in [1.29, 1.82) is 0 Å². The number of fused-ring (bicyclic) bond motifs is 2. The Labute approximate surface area is 178 Å². The number of aliphatic carboxylic acids is 1. The van der Waals surface area contributed by atoms with Crippen LogP contribution in [0.1, 0.15) is 42.0 Å². The lowest BCUT2D eigenvalue weighted by Crippen LogP contribution is -2.57. The van der Waals surface area contributed by atoms with Gasteiger partial charge in [-0.2, -0.15) is 0 Å². The molecule has 158 valence electrons. The number of carboxylic acid groups (broad SMARTS) is 1. The molecule has 2 aliphatic heterocycles. The number of rotatable bonds is 5. The highest BCUT2D eigenvalue weighted by atomic mass is 16.4. The van der Waals surface area contributed by atoms with Gasteiger partial charge < -0.3 is 14.9 Å². The van der Waals surface area contributed by atoms with Gasteiger partial charge in [-0.1, -0.05) is 48.5 Å². The van der Waals surface area contributed by atoms with Gasteiger partial charge in [-0.15, -0.1) is 0 Å². The summed E-state index contributed by atoms with van der Waals surface area (Å²) in [5.41, 5.74) is 4.37. The Morgan fingerprint density at radius 3 is 2.40 bits per heavy atom. The quantitative estimate of drug-likeness (QED) is 0.828. The zero-order valence-corrected chi connectivity index (χ0v) is 17.6. The number of benzene rings is 2. The SMILES string of the molecule is CC(=O)N1CCc2cc(CC(=O)O)ccc2C12CCN(CCc1ccccc1)CC2. The normalized spacial score (nSPS) is 18.2. The molecule has 0 atom stereocenters. The number of carboxylic acids is 1. The smallest absolute Gasteiger partial charge is 0.307 e. The Balaban J connectivity index is 1.52. The predicted octanol–water partition coefficient (Wildman–Crippen LogP) is 3.25. The Morgan fingerprint density at radius 1 is 1.00 bits per heavy atom. The van der Waals surface area contributed by atoms with E-state index in [1.807, 2.05) is 18.2 Å². The molecule has 5 heteroatoms. The molecule has 2 heterocycles. The average molecular weight is 407 g/mol. The highest BCUT2D eigenvalue weighted by Gasteiger charge is 2.45. The van der Waals surface area contributed by atoms with Gasteiger partial charge in [0.15, 0.2) is 0 Å². The number of amides is 1. The number of hydrogen-bond acceptors (Lipinski definition) is 3. The third kappa shape index (κ3) is 4.12. The van der Waals surface area contributed by atoms with Crippen LogP contribution in [0, 0.1) is 0 Å². The highest BCUT2D eigenvalue weighted by molar-refractivity contribution is 5.75. The second-order valence-corrected chi connectivity index (χ2v) is 8.59. The summed E-state index contributed by atoms with van der Waals surface area (Å²) in [6, 6.07) is 16.6. The average Bonchev–Trinajstić information content (AvgIpc) is 2.73. The summed E-state index contributed by atoms with van der Waals surface area (Å²) in [4.78, 5) is 28.2. The molecule has 0 saturated carbocycles. The predicted molar refractivity (Wildman–Crippen MR) is 116 cm³/mol. The monoisotopic (exact) mass is 406 g/mol. The van der Waals surface area contributed by atoms with Gasteiger partial charge in [-0.3, -0.25) is 9.59 Å². The number of piperidine rings is 1. The maximum atomic E-state index is 12.5. The molecular formula is C25H30N2O3.